The molecule has 0 saturated carbocycles. The van der Waals surface area contributed by atoms with Gasteiger partial charge >= 0.3 is 0 Å². The first kappa shape index (κ1) is 51.9. The third-order valence-corrected chi connectivity index (χ3v) is 22.8. The zero-order valence-corrected chi connectivity index (χ0v) is 49.1. The Bertz CT molecular complexity index is 3150. The van der Waals surface area contributed by atoms with Gasteiger partial charge in [0.1, 0.15) is 7.05 Å². The average Bonchev–Trinajstić information content (AvgIpc) is 3.46. The summed E-state index contributed by atoms with van der Waals surface area (Å²) in [6.45, 7) is 43.0. The second-order valence-electron chi connectivity index (χ2n) is 28.4. The van der Waals surface area contributed by atoms with Gasteiger partial charge in [-0.25, -0.2) is 4.57 Å². The van der Waals surface area contributed by atoms with Crippen LogP contribution in [0.1, 0.15) is 233 Å². The molecule has 0 amide bonds. The van der Waals surface area contributed by atoms with E-state index in [1.807, 2.05) is 0 Å². The van der Waals surface area contributed by atoms with Gasteiger partial charge in [-0.2, -0.15) is 4.57 Å². The topological polar surface area (TPSA) is 7.76 Å². The molecule has 3 atom stereocenters. The fraction of sp³-hybridized carbons (Fsp3) is 0.549. The van der Waals surface area contributed by atoms with Gasteiger partial charge in [-0.3, -0.25) is 0 Å². The molecule has 4 aliphatic rings. The van der Waals surface area contributed by atoms with Gasteiger partial charge in [-0.1, -0.05) is 173 Å². The average molecular weight is 976 g/mol. The number of unbranched alkanes of at least 4 members (excludes halogenated alkanes) is 2. The van der Waals surface area contributed by atoms with Crippen LogP contribution in [-0.2, 0) is 56.9 Å². The van der Waals surface area contributed by atoms with Crippen LogP contribution in [0.15, 0.2) is 97.3 Å². The van der Waals surface area contributed by atoms with Gasteiger partial charge in [-0.15, -0.1) is 0 Å². The Kier molecular flexibility index (Phi) is 12.3. The second kappa shape index (κ2) is 17.2. The summed E-state index contributed by atoms with van der Waals surface area (Å²) >= 11 is 0. The highest BCUT2D eigenvalue weighted by molar-refractivity contribution is 5.96. The quantitative estimate of drug-likeness (QED) is 0.0903. The summed E-state index contributed by atoms with van der Waals surface area (Å²) in [7, 11) is 2.26. The van der Waals surface area contributed by atoms with E-state index in [4.69, 9.17) is 0 Å². The van der Waals surface area contributed by atoms with E-state index in [1.54, 1.807) is 27.8 Å². The van der Waals surface area contributed by atoms with E-state index in [2.05, 4.69) is 231 Å². The number of aromatic nitrogens is 2. The Morgan fingerprint density at radius 2 is 1.10 bits per heavy atom. The van der Waals surface area contributed by atoms with Crippen molar-refractivity contribution in [2.45, 2.75) is 238 Å². The molecule has 6 aromatic rings. The number of pyridine rings is 2. The van der Waals surface area contributed by atoms with Crippen LogP contribution < -0.4 is 9.13 Å². The third-order valence-electron chi connectivity index (χ3n) is 22.8. The summed E-state index contributed by atoms with van der Waals surface area (Å²) in [5.41, 5.74) is 20.8. The predicted molar refractivity (Wildman–Crippen MR) is 311 cm³/mol. The van der Waals surface area contributed by atoms with Gasteiger partial charge in [0.25, 0.3) is 0 Å². The van der Waals surface area contributed by atoms with E-state index in [0.29, 0.717) is 0 Å². The number of benzene rings is 4. The number of hydrogen-bond donors (Lipinski definition) is 0. The fourth-order valence-electron chi connectivity index (χ4n) is 15.9. The van der Waals surface area contributed by atoms with Gasteiger partial charge < -0.3 is 0 Å². The normalized spacial score (nSPS) is 25.3. The van der Waals surface area contributed by atoms with E-state index < -0.39 is 0 Å². The van der Waals surface area contributed by atoms with E-state index in [1.165, 1.54) is 112 Å². The van der Waals surface area contributed by atoms with Crippen molar-refractivity contribution in [1.82, 2.24) is 0 Å². The van der Waals surface area contributed by atoms with E-state index in [0.717, 1.165) is 25.7 Å². The van der Waals surface area contributed by atoms with Crippen molar-refractivity contribution in [1.29, 1.82) is 0 Å². The first-order valence-corrected chi connectivity index (χ1v) is 29.1. The molecule has 73 heavy (non-hydrogen) atoms. The number of nitrogens with zero attached hydrogens (tertiary/aromatic N) is 2. The lowest BCUT2D eigenvalue weighted by Crippen LogP contribution is -2.69. The van der Waals surface area contributed by atoms with E-state index in [-0.39, 0.29) is 48.9 Å². The minimum atomic E-state index is -0.209. The van der Waals surface area contributed by atoms with Crippen LogP contribution >= 0.6 is 0 Å². The number of rotatable bonds is 11. The van der Waals surface area contributed by atoms with Gasteiger partial charge in [0.15, 0.2) is 17.9 Å². The first-order chi connectivity index (χ1) is 34.2. The van der Waals surface area contributed by atoms with Gasteiger partial charge in [0, 0.05) is 36.6 Å². The molecule has 4 aromatic carbocycles. The minimum absolute atomic E-state index is 0.00370. The lowest BCUT2D eigenvalue weighted by atomic mass is 9.55. The number of aryl methyl sites for hydroxylation is 2. The van der Waals surface area contributed by atoms with Gasteiger partial charge in [-0.05, 0) is 175 Å². The summed E-state index contributed by atoms with van der Waals surface area (Å²) in [6.07, 6.45) is 19.1. The molecule has 2 heteroatoms. The van der Waals surface area contributed by atoms with Crippen LogP contribution in [0.2, 0.25) is 0 Å². The fourth-order valence-corrected chi connectivity index (χ4v) is 15.9. The first-order valence-electron chi connectivity index (χ1n) is 29.1. The Balaban J connectivity index is 1.24. The number of fused-ring (bicyclic) bond motifs is 8. The Hall–Kier alpha value is -4.56. The van der Waals surface area contributed by atoms with Crippen molar-refractivity contribution in [3.05, 3.63) is 142 Å². The smallest absolute Gasteiger partial charge is 0.201 e. The van der Waals surface area contributed by atoms with E-state index in [9.17, 15) is 0 Å². The molecule has 2 aromatic heterocycles. The van der Waals surface area contributed by atoms with Crippen molar-refractivity contribution >= 4 is 10.8 Å². The van der Waals surface area contributed by atoms with Crippen LogP contribution in [0.4, 0.5) is 0 Å². The maximum Gasteiger partial charge on any atom is 0.221 e. The number of hydrogen-bond acceptors (Lipinski definition) is 0. The van der Waals surface area contributed by atoms with Gasteiger partial charge in [0.2, 0.25) is 11.4 Å². The van der Waals surface area contributed by atoms with Crippen LogP contribution in [0.5, 0.6) is 0 Å². The molecule has 10 rings (SSSR count). The highest BCUT2D eigenvalue weighted by Crippen LogP contribution is 2.63. The highest BCUT2D eigenvalue weighted by Gasteiger charge is 2.61. The van der Waals surface area contributed by atoms with Crippen LogP contribution in [0.25, 0.3) is 44.4 Å². The Morgan fingerprint density at radius 3 is 1.73 bits per heavy atom. The molecule has 3 unspecified atom stereocenters. The minimum Gasteiger partial charge on any atom is -0.201 e. The summed E-state index contributed by atoms with van der Waals surface area (Å²) in [4.78, 5) is 0. The molecule has 0 N–H and O–H groups in total. The summed E-state index contributed by atoms with van der Waals surface area (Å²) in [5, 5.41) is 2.86. The molecule has 3 aliphatic carbocycles. The summed E-state index contributed by atoms with van der Waals surface area (Å²) in [6, 6.07) is 34.6. The lowest BCUT2D eigenvalue weighted by molar-refractivity contribution is -0.769. The summed E-state index contributed by atoms with van der Waals surface area (Å²) in [5.74, 6) is 0. The molecule has 386 valence electrons. The van der Waals surface area contributed by atoms with E-state index >= 15 is 0 Å². The van der Waals surface area contributed by atoms with Crippen LogP contribution in [0.3, 0.4) is 0 Å². The highest BCUT2D eigenvalue weighted by atomic mass is 15.1. The molecule has 0 fully saturated rings. The van der Waals surface area contributed by atoms with Gasteiger partial charge in [0.05, 0.1) is 16.4 Å². The molecule has 3 heterocycles. The molecule has 0 saturated heterocycles. The molecular formula is C71H94N2+2. The molecule has 0 spiro atoms. The Labute approximate surface area is 443 Å². The maximum absolute atomic E-state index is 2.90. The molecule has 0 bridgehead atoms. The molecule has 2 nitrogen and oxygen atoms in total. The zero-order chi connectivity index (χ0) is 52.7. The third kappa shape index (κ3) is 7.48. The predicted octanol–water partition coefficient (Wildman–Crippen LogP) is 18.2. The van der Waals surface area contributed by atoms with Crippen molar-refractivity contribution in [2.24, 2.45) is 12.5 Å². The maximum atomic E-state index is 2.90. The van der Waals surface area contributed by atoms with Crippen LogP contribution in [0, 0.1) is 5.41 Å². The molecular weight excluding hydrogens is 881 g/mol. The zero-order valence-electron chi connectivity index (χ0n) is 49.1. The lowest BCUT2D eigenvalue weighted by Gasteiger charge is -2.50. The molecule has 1 aliphatic heterocycles. The van der Waals surface area contributed by atoms with Crippen molar-refractivity contribution in [2.75, 3.05) is 0 Å². The largest absolute Gasteiger partial charge is 0.221 e. The second-order valence-corrected chi connectivity index (χ2v) is 28.4. The van der Waals surface area contributed by atoms with Crippen molar-refractivity contribution < 1.29 is 9.13 Å². The summed E-state index contributed by atoms with van der Waals surface area (Å²) < 4.78 is 5.29. The monoisotopic (exact) mass is 975 g/mol. The van der Waals surface area contributed by atoms with Crippen molar-refractivity contribution in [3.8, 4) is 33.6 Å². The Morgan fingerprint density at radius 1 is 0.493 bits per heavy atom. The van der Waals surface area contributed by atoms with Crippen LogP contribution in [-0.4, -0.2) is 0 Å². The SMILES string of the molecule is CCCCCC1(C)CCC(C)(C)c2cc3c4[n+](ccc3cc21)C(CC)(CCc1cc2c(cc1-c1cc(-c3ccccc3)cc[n+]1C)C(C)(C)C(C)(C)C2(C)C)C(C)(CC)c1cc2c(cc1-4)C(C)(C)CCC2(C)C. The molecule has 0 radical (unpaired) electrons. The van der Waals surface area contributed by atoms with Crippen molar-refractivity contribution in [3.63, 3.8) is 0 Å². The standard InChI is InChI=1S/C71H94N2/c1-19-22-26-32-69(16)37-36-65(8,9)56-44-52-50(41-60(56)69)31-39-73-62(52)53-45-55-57(64(6,7)35-34-63(55,4)5)46-54(53)70(17,20-2)71(73,21-3)33-29-49-40-58-59(67(12,13)68(14,15)66(58,10)11)43-51(49)61-42-48(30-38-72(61)18)47-27-24-23-25-28-47/h23-25,27-28,30-31,38-46H,19-22,26,29,32-37H2,1-18H3/q+2.